The number of hydrogen-bond donors (Lipinski definition) is 0. The highest BCUT2D eigenvalue weighted by Gasteiger charge is 2.58. The van der Waals surface area contributed by atoms with E-state index in [0.717, 1.165) is 16.8 Å². The molecular formula is C26H23FN2O3. The maximum atomic E-state index is 13.5. The number of para-hydroxylation sites is 1. The molecule has 2 aliphatic heterocycles. The molecule has 0 saturated heterocycles. The third-order valence-electron chi connectivity index (χ3n) is 6.66. The SMILES string of the molecule is Cc1cc([N+](=O)[O-])cc2c1OC1(C=C2)N(Cc2ccc(F)cc2)c2ccccc2C1(C)C. The molecule has 0 aromatic heterocycles. The fourth-order valence-electron chi connectivity index (χ4n) is 4.95. The van der Waals surface area contributed by atoms with Gasteiger partial charge in [0.05, 0.1) is 10.3 Å². The van der Waals surface area contributed by atoms with Gasteiger partial charge in [-0.25, -0.2) is 4.39 Å². The average molecular weight is 430 g/mol. The lowest BCUT2D eigenvalue weighted by molar-refractivity contribution is -0.384. The van der Waals surface area contributed by atoms with Crippen molar-refractivity contribution >= 4 is 17.5 Å². The van der Waals surface area contributed by atoms with Crippen LogP contribution in [0.3, 0.4) is 0 Å². The zero-order valence-electron chi connectivity index (χ0n) is 18.1. The summed E-state index contributed by atoms with van der Waals surface area (Å²) < 4.78 is 20.3. The molecule has 1 spiro atoms. The number of aryl methyl sites for hydroxylation is 1. The Morgan fingerprint density at radius 2 is 1.81 bits per heavy atom. The number of non-ortho nitro benzene ring substituents is 1. The predicted octanol–water partition coefficient (Wildman–Crippen LogP) is 6.14. The number of nitrogens with zero attached hydrogens (tertiary/aromatic N) is 2. The van der Waals surface area contributed by atoms with Crippen molar-refractivity contribution in [1.29, 1.82) is 0 Å². The van der Waals surface area contributed by atoms with E-state index in [9.17, 15) is 14.5 Å². The summed E-state index contributed by atoms with van der Waals surface area (Å²) in [6.07, 6.45) is 3.92. The monoisotopic (exact) mass is 430 g/mol. The lowest BCUT2D eigenvalue weighted by Crippen LogP contribution is -2.59. The summed E-state index contributed by atoms with van der Waals surface area (Å²) in [7, 11) is 0. The van der Waals surface area contributed by atoms with Crippen LogP contribution in [0.1, 0.15) is 36.1 Å². The largest absolute Gasteiger partial charge is 0.462 e. The van der Waals surface area contributed by atoms with Crippen molar-refractivity contribution in [3.63, 3.8) is 0 Å². The van der Waals surface area contributed by atoms with Gasteiger partial charge >= 0.3 is 0 Å². The Hall–Kier alpha value is -3.67. The van der Waals surface area contributed by atoms with Gasteiger partial charge in [0.25, 0.3) is 5.69 Å². The number of hydrogen-bond acceptors (Lipinski definition) is 4. The third-order valence-corrected chi connectivity index (χ3v) is 6.66. The Labute approximate surface area is 185 Å². The minimum atomic E-state index is -0.848. The molecule has 0 aliphatic carbocycles. The summed E-state index contributed by atoms with van der Waals surface area (Å²) in [5.74, 6) is 0.369. The van der Waals surface area contributed by atoms with Crippen molar-refractivity contribution < 1.29 is 14.1 Å². The summed E-state index contributed by atoms with van der Waals surface area (Å²) in [6, 6.07) is 17.8. The Balaban J connectivity index is 1.66. The molecule has 5 nitrogen and oxygen atoms in total. The smallest absolute Gasteiger partial charge is 0.270 e. The summed E-state index contributed by atoms with van der Waals surface area (Å²) in [6.45, 7) is 6.64. The van der Waals surface area contributed by atoms with Gasteiger partial charge in [0.2, 0.25) is 5.72 Å². The lowest BCUT2D eigenvalue weighted by Gasteiger charge is -2.47. The van der Waals surface area contributed by atoms with Crippen LogP contribution >= 0.6 is 0 Å². The van der Waals surface area contributed by atoms with Gasteiger partial charge in [0.15, 0.2) is 0 Å². The number of halogens is 1. The van der Waals surface area contributed by atoms with Crippen molar-refractivity contribution in [2.75, 3.05) is 4.90 Å². The fourth-order valence-corrected chi connectivity index (χ4v) is 4.95. The van der Waals surface area contributed by atoms with Gasteiger partial charge in [0, 0.05) is 29.9 Å². The van der Waals surface area contributed by atoms with Crippen molar-refractivity contribution in [2.45, 2.75) is 38.5 Å². The van der Waals surface area contributed by atoms with Crippen LogP contribution < -0.4 is 9.64 Å². The lowest BCUT2D eigenvalue weighted by atomic mass is 9.76. The molecule has 32 heavy (non-hydrogen) atoms. The highest BCUT2D eigenvalue weighted by molar-refractivity contribution is 5.74. The van der Waals surface area contributed by atoms with Crippen LogP contribution in [0, 0.1) is 22.9 Å². The molecule has 0 fully saturated rings. The molecule has 3 aromatic rings. The molecule has 0 amide bonds. The van der Waals surface area contributed by atoms with E-state index >= 15 is 0 Å². The number of fused-ring (bicyclic) bond motifs is 2. The van der Waals surface area contributed by atoms with Crippen LogP contribution in [-0.2, 0) is 12.0 Å². The molecule has 2 heterocycles. The first kappa shape index (κ1) is 20.2. The molecule has 0 bridgehead atoms. The summed E-state index contributed by atoms with van der Waals surface area (Å²) in [5.41, 5.74) is 3.33. The first-order chi connectivity index (χ1) is 15.2. The van der Waals surface area contributed by atoms with E-state index in [2.05, 4.69) is 30.9 Å². The Morgan fingerprint density at radius 3 is 2.53 bits per heavy atom. The molecule has 3 aromatic carbocycles. The fraction of sp³-hybridized carbons (Fsp3) is 0.231. The van der Waals surface area contributed by atoms with Gasteiger partial charge in [-0.1, -0.05) is 30.3 Å². The highest BCUT2D eigenvalue weighted by atomic mass is 19.1. The van der Waals surface area contributed by atoms with Gasteiger partial charge in [0.1, 0.15) is 11.6 Å². The zero-order valence-corrected chi connectivity index (χ0v) is 18.1. The molecule has 6 heteroatoms. The Kier molecular flexibility index (Phi) is 4.38. The van der Waals surface area contributed by atoms with Crippen LogP contribution in [0.5, 0.6) is 5.75 Å². The molecule has 5 rings (SSSR count). The van der Waals surface area contributed by atoms with E-state index in [4.69, 9.17) is 4.74 Å². The Bertz CT molecular complexity index is 1270. The zero-order chi connectivity index (χ0) is 22.7. The second-order valence-corrected chi connectivity index (χ2v) is 8.92. The second kappa shape index (κ2) is 6.92. The molecule has 162 valence electrons. The van der Waals surface area contributed by atoms with E-state index in [1.165, 1.54) is 12.1 Å². The second-order valence-electron chi connectivity index (χ2n) is 8.92. The van der Waals surface area contributed by atoms with Gasteiger partial charge < -0.3 is 9.64 Å². The highest BCUT2D eigenvalue weighted by Crippen LogP contribution is 2.55. The summed E-state index contributed by atoms with van der Waals surface area (Å²) in [5, 5.41) is 11.3. The van der Waals surface area contributed by atoms with Gasteiger partial charge in [-0.15, -0.1) is 0 Å². The van der Waals surface area contributed by atoms with Crippen molar-refractivity contribution in [3.05, 3.63) is 105 Å². The average Bonchev–Trinajstić information content (AvgIpc) is 2.94. The summed E-state index contributed by atoms with van der Waals surface area (Å²) in [4.78, 5) is 13.1. The van der Waals surface area contributed by atoms with Crippen molar-refractivity contribution in [1.82, 2.24) is 0 Å². The maximum Gasteiger partial charge on any atom is 0.270 e. The van der Waals surface area contributed by atoms with Crippen molar-refractivity contribution in [2.24, 2.45) is 0 Å². The van der Waals surface area contributed by atoms with Gasteiger partial charge in [-0.3, -0.25) is 10.1 Å². The van der Waals surface area contributed by atoms with Gasteiger partial charge in [-0.05, 0) is 67.8 Å². The quantitative estimate of drug-likeness (QED) is 0.370. The number of anilines is 1. The molecule has 0 radical (unpaired) electrons. The standard InChI is InChI=1S/C26H23FN2O3/c1-17-14-21(29(30)31)15-19-12-13-26(32-24(17)19)25(2,3)22-6-4-5-7-23(22)28(26)16-18-8-10-20(27)11-9-18/h4-15H,16H2,1-3H3. The number of nitro groups is 1. The third kappa shape index (κ3) is 2.83. The molecule has 1 unspecified atom stereocenters. The maximum absolute atomic E-state index is 13.5. The van der Waals surface area contributed by atoms with E-state index in [1.54, 1.807) is 24.3 Å². The normalized spacial score (nSPS) is 20.1. The van der Waals surface area contributed by atoms with Crippen LogP contribution in [0.2, 0.25) is 0 Å². The van der Waals surface area contributed by atoms with E-state index in [0.29, 0.717) is 23.4 Å². The molecule has 0 N–H and O–H groups in total. The molecule has 0 saturated carbocycles. The number of nitro benzene ring substituents is 1. The molecule has 2 aliphatic rings. The van der Waals surface area contributed by atoms with Gasteiger partial charge in [-0.2, -0.15) is 0 Å². The minimum Gasteiger partial charge on any atom is -0.462 e. The van der Waals surface area contributed by atoms with E-state index in [1.807, 2.05) is 31.2 Å². The van der Waals surface area contributed by atoms with Crippen LogP contribution in [0.25, 0.3) is 6.08 Å². The van der Waals surface area contributed by atoms with E-state index in [-0.39, 0.29) is 16.4 Å². The number of rotatable bonds is 3. The first-order valence-electron chi connectivity index (χ1n) is 10.5. The molecule has 1 atom stereocenters. The number of ether oxygens (including phenoxy) is 1. The van der Waals surface area contributed by atoms with Crippen molar-refractivity contribution in [3.8, 4) is 5.75 Å². The van der Waals surface area contributed by atoms with E-state index < -0.39 is 11.1 Å². The summed E-state index contributed by atoms with van der Waals surface area (Å²) >= 11 is 0. The topological polar surface area (TPSA) is 55.6 Å². The Morgan fingerprint density at radius 1 is 1.09 bits per heavy atom. The molecular weight excluding hydrogens is 407 g/mol. The van der Waals surface area contributed by atoms with Crippen LogP contribution in [0.15, 0.2) is 66.7 Å². The predicted molar refractivity (Wildman–Crippen MR) is 122 cm³/mol. The van der Waals surface area contributed by atoms with Crippen LogP contribution in [0.4, 0.5) is 15.8 Å². The number of benzene rings is 3. The van der Waals surface area contributed by atoms with Crippen LogP contribution in [-0.4, -0.2) is 10.6 Å². The first-order valence-corrected chi connectivity index (χ1v) is 10.5. The minimum absolute atomic E-state index is 0.0441.